The van der Waals surface area contributed by atoms with Gasteiger partial charge in [-0.15, -0.1) is 0 Å². The Bertz CT molecular complexity index is 1170. The molecular weight excluding hydrogens is 440 g/mol. The fraction of sp³-hybridized carbons (Fsp3) is 0.444. The van der Waals surface area contributed by atoms with Crippen LogP contribution in [0.15, 0.2) is 47.5 Å². The minimum atomic E-state index is -0.530. The number of carbonyl (C=O) groups excluding carboxylic acids is 2. The van der Waals surface area contributed by atoms with E-state index >= 15 is 0 Å². The van der Waals surface area contributed by atoms with Crippen molar-refractivity contribution in [2.45, 2.75) is 46.1 Å². The van der Waals surface area contributed by atoms with E-state index in [9.17, 15) is 9.59 Å². The van der Waals surface area contributed by atoms with Gasteiger partial charge < -0.3 is 14.7 Å². The maximum atomic E-state index is 13.0. The molecule has 2 saturated heterocycles. The Morgan fingerprint density at radius 2 is 1.69 bits per heavy atom. The van der Waals surface area contributed by atoms with Crippen molar-refractivity contribution in [3.63, 3.8) is 0 Å². The predicted octanol–water partition coefficient (Wildman–Crippen LogP) is 2.48. The maximum Gasteiger partial charge on any atom is 0.325 e. The van der Waals surface area contributed by atoms with E-state index in [-0.39, 0.29) is 5.91 Å². The van der Waals surface area contributed by atoms with Crippen LogP contribution >= 0.6 is 0 Å². The zero-order chi connectivity index (χ0) is 24.7. The summed E-state index contributed by atoms with van der Waals surface area (Å²) in [6.45, 7) is 11.3. The molecule has 1 N–H and O–H groups in total. The number of rotatable bonds is 4. The molecule has 3 aliphatic heterocycles. The second-order valence-corrected chi connectivity index (χ2v) is 10.0. The molecular formula is C27H34N6O2. The molecule has 0 radical (unpaired) electrons. The van der Waals surface area contributed by atoms with Gasteiger partial charge in [0.15, 0.2) is 18.2 Å². The number of amides is 3. The van der Waals surface area contributed by atoms with Crippen molar-refractivity contribution in [3.05, 3.63) is 70.3 Å². The first-order valence-electron chi connectivity index (χ1n) is 12.3. The molecule has 0 aliphatic carbocycles. The van der Waals surface area contributed by atoms with Crippen LogP contribution in [0.5, 0.6) is 0 Å². The van der Waals surface area contributed by atoms with Crippen LogP contribution in [-0.2, 0) is 17.9 Å². The van der Waals surface area contributed by atoms with E-state index in [2.05, 4.69) is 83.3 Å². The number of nitrogens with one attached hydrogen (secondary N) is 1. The molecule has 0 saturated carbocycles. The van der Waals surface area contributed by atoms with Crippen molar-refractivity contribution in [3.8, 4) is 0 Å². The van der Waals surface area contributed by atoms with Gasteiger partial charge >= 0.3 is 6.03 Å². The van der Waals surface area contributed by atoms with Gasteiger partial charge in [-0.1, -0.05) is 53.6 Å². The van der Waals surface area contributed by atoms with Crippen molar-refractivity contribution < 1.29 is 9.59 Å². The number of guanidine groups is 1. The van der Waals surface area contributed by atoms with Crippen molar-refractivity contribution >= 4 is 17.9 Å². The van der Waals surface area contributed by atoms with E-state index in [0.29, 0.717) is 6.54 Å². The van der Waals surface area contributed by atoms with Crippen LogP contribution in [0.25, 0.3) is 0 Å². The Hall–Kier alpha value is -3.39. The number of piperazine rings is 1. The van der Waals surface area contributed by atoms with Gasteiger partial charge in [0.05, 0.1) is 0 Å². The molecule has 2 atom stereocenters. The normalized spacial score (nSPS) is 22.9. The van der Waals surface area contributed by atoms with Gasteiger partial charge in [0.25, 0.3) is 5.91 Å². The van der Waals surface area contributed by atoms with Crippen LogP contribution in [0.4, 0.5) is 4.79 Å². The lowest BCUT2D eigenvalue weighted by atomic mass is 10.0. The van der Waals surface area contributed by atoms with Crippen molar-refractivity contribution in [1.29, 1.82) is 0 Å². The number of hydrogen-bond acceptors (Lipinski definition) is 6. The van der Waals surface area contributed by atoms with E-state index < -0.39 is 18.2 Å². The quantitative estimate of drug-likeness (QED) is 0.737. The molecule has 2 fully saturated rings. The lowest BCUT2D eigenvalue weighted by Gasteiger charge is -2.40. The third-order valence-corrected chi connectivity index (χ3v) is 7.33. The molecule has 2 unspecified atom stereocenters. The summed E-state index contributed by atoms with van der Waals surface area (Å²) in [6.07, 6.45) is -0.512. The van der Waals surface area contributed by atoms with Crippen LogP contribution in [0, 0.1) is 20.8 Å². The third kappa shape index (κ3) is 4.62. The van der Waals surface area contributed by atoms with Crippen molar-refractivity contribution in [1.82, 2.24) is 24.9 Å². The molecule has 0 aromatic heterocycles. The first-order chi connectivity index (χ1) is 16.8. The summed E-state index contributed by atoms with van der Waals surface area (Å²) in [5.41, 5.74) is 6.15. The van der Waals surface area contributed by atoms with E-state index in [1.807, 2.05) is 0 Å². The van der Waals surface area contributed by atoms with E-state index in [1.165, 1.54) is 27.8 Å². The molecule has 184 valence electrons. The number of fused-ring (bicyclic) bond motifs is 1. The van der Waals surface area contributed by atoms with Crippen LogP contribution in [0.3, 0.4) is 0 Å². The zero-order valence-electron chi connectivity index (χ0n) is 21.0. The van der Waals surface area contributed by atoms with Crippen molar-refractivity contribution in [2.75, 3.05) is 33.2 Å². The van der Waals surface area contributed by atoms with Crippen molar-refractivity contribution in [2.24, 2.45) is 4.99 Å². The highest BCUT2D eigenvalue weighted by Gasteiger charge is 2.49. The molecule has 35 heavy (non-hydrogen) atoms. The summed E-state index contributed by atoms with van der Waals surface area (Å²) < 4.78 is 0. The monoisotopic (exact) mass is 474 g/mol. The minimum absolute atomic E-state index is 0.278. The molecule has 3 aliphatic rings. The number of aliphatic imine (C=N–C) groups is 1. The van der Waals surface area contributed by atoms with Gasteiger partial charge in [-0.2, -0.15) is 0 Å². The zero-order valence-corrected chi connectivity index (χ0v) is 21.0. The van der Waals surface area contributed by atoms with Gasteiger partial charge in [0.1, 0.15) is 0 Å². The smallest absolute Gasteiger partial charge is 0.325 e. The van der Waals surface area contributed by atoms with E-state index in [4.69, 9.17) is 4.99 Å². The largest absolute Gasteiger partial charge is 0.340 e. The molecule has 8 nitrogen and oxygen atoms in total. The third-order valence-electron chi connectivity index (χ3n) is 7.33. The van der Waals surface area contributed by atoms with Gasteiger partial charge in [-0.05, 0) is 37.5 Å². The Kier molecular flexibility index (Phi) is 6.23. The summed E-state index contributed by atoms with van der Waals surface area (Å²) >= 11 is 0. The molecule has 0 spiro atoms. The number of carbonyl (C=O) groups is 2. The Labute approximate surface area is 207 Å². The molecule has 8 heteroatoms. The predicted molar refractivity (Wildman–Crippen MR) is 136 cm³/mol. The van der Waals surface area contributed by atoms with E-state index in [1.54, 1.807) is 11.9 Å². The summed E-state index contributed by atoms with van der Waals surface area (Å²) in [4.78, 5) is 38.7. The summed E-state index contributed by atoms with van der Waals surface area (Å²) in [5.74, 6) is 0.535. The molecule has 0 bridgehead atoms. The number of imide groups is 1. The van der Waals surface area contributed by atoms with Gasteiger partial charge in [0.2, 0.25) is 0 Å². The molecule has 2 aromatic carbocycles. The minimum Gasteiger partial charge on any atom is -0.340 e. The van der Waals surface area contributed by atoms with Gasteiger partial charge in [0, 0.05) is 46.3 Å². The lowest BCUT2D eigenvalue weighted by molar-refractivity contribution is -0.127. The molecule has 5 rings (SSSR count). The molecule has 2 aromatic rings. The highest BCUT2D eigenvalue weighted by Crippen LogP contribution is 2.28. The topological polar surface area (TPSA) is 71.5 Å². The molecule has 3 heterocycles. The second-order valence-electron chi connectivity index (χ2n) is 10.0. The number of benzene rings is 2. The SMILES string of the molecule is Cc1cccc(CN2CCN(C3=NC4C(C(=O)NC(=O)N4C)N3Cc3cc(C)ccc3C)CC2)c1. The van der Waals surface area contributed by atoms with Gasteiger partial charge in [-0.25, -0.2) is 9.79 Å². The van der Waals surface area contributed by atoms with Crippen LogP contribution < -0.4 is 5.32 Å². The number of nitrogens with zero attached hydrogens (tertiary/aromatic N) is 5. The lowest BCUT2D eigenvalue weighted by Crippen LogP contribution is -2.64. The Balaban J connectivity index is 1.37. The number of likely N-dealkylation sites (N-methyl/N-ethyl adjacent to an activating group) is 1. The summed E-state index contributed by atoms with van der Waals surface area (Å²) in [7, 11) is 1.71. The number of hydrogen-bond donors (Lipinski definition) is 1. The second kappa shape index (κ2) is 9.34. The fourth-order valence-electron chi connectivity index (χ4n) is 5.27. The average Bonchev–Trinajstić information content (AvgIpc) is 3.20. The van der Waals surface area contributed by atoms with Crippen LogP contribution in [-0.4, -0.2) is 82.9 Å². The highest BCUT2D eigenvalue weighted by atomic mass is 16.2. The number of urea groups is 1. The highest BCUT2D eigenvalue weighted by molar-refractivity contribution is 6.03. The molecule has 3 amide bonds. The standard InChI is InChI=1S/C27H34N6O2/c1-18-6-5-7-21(14-18)16-31-10-12-32(13-11-31)26-28-24-23(25(34)29-27(35)30(24)4)33(26)17-22-15-19(2)8-9-20(22)3/h5-9,14-15,23-24H,10-13,16-17H2,1-4H3,(H,29,34,35). The van der Waals surface area contributed by atoms with Crippen LogP contribution in [0.1, 0.15) is 27.8 Å². The average molecular weight is 475 g/mol. The van der Waals surface area contributed by atoms with E-state index in [0.717, 1.165) is 38.7 Å². The van der Waals surface area contributed by atoms with Crippen LogP contribution in [0.2, 0.25) is 0 Å². The fourth-order valence-corrected chi connectivity index (χ4v) is 5.27. The maximum absolute atomic E-state index is 13.0. The first-order valence-corrected chi connectivity index (χ1v) is 12.3. The summed E-state index contributed by atoms with van der Waals surface area (Å²) in [5, 5.41) is 2.51. The number of aryl methyl sites for hydroxylation is 3. The van der Waals surface area contributed by atoms with Gasteiger partial charge in [-0.3, -0.25) is 15.0 Å². The Morgan fingerprint density at radius 1 is 0.943 bits per heavy atom. The summed E-state index contributed by atoms with van der Waals surface area (Å²) in [6, 6.07) is 14.1. The first kappa shape index (κ1) is 23.4. The Morgan fingerprint density at radius 3 is 2.43 bits per heavy atom.